The molecular weight excluding hydrogens is 272 g/mol. The minimum absolute atomic E-state index is 0.238. The molecule has 6 nitrogen and oxygen atoms in total. The zero-order valence-corrected chi connectivity index (χ0v) is 13.1. The fraction of sp³-hybridized carbons (Fsp3) is 0.933. The number of hydrogen-bond acceptors (Lipinski definition) is 5. The first-order valence-corrected chi connectivity index (χ1v) is 8.01. The summed E-state index contributed by atoms with van der Waals surface area (Å²) in [5.74, 6) is -0.983. The van der Waals surface area contributed by atoms with Crippen LogP contribution < -0.4 is 5.73 Å². The van der Waals surface area contributed by atoms with Gasteiger partial charge in [-0.3, -0.25) is 9.69 Å². The van der Waals surface area contributed by atoms with Crippen LogP contribution in [0.5, 0.6) is 0 Å². The molecule has 0 aliphatic carbocycles. The quantitative estimate of drug-likeness (QED) is 0.443. The summed E-state index contributed by atoms with van der Waals surface area (Å²) in [6.45, 7) is 4.38. The summed E-state index contributed by atoms with van der Waals surface area (Å²) in [6, 6.07) is -1.04. The first kappa shape index (κ1) is 18.4. The van der Waals surface area contributed by atoms with Crippen molar-refractivity contribution in [1.29, 1.82) is 0 Å². The van der Waals surface area contributed by atoms with Crippen molar-refractivity contribution in [3.05, 3.63) is 0 Å². The molecule has 124 valence electrons. The van der Waals surface area contributed by atoms with Gasteiger partial charge in [-0.05, 0) is 19.4 Å². The van der Waals surface area contributed by atoms with E-state index in [0.29, 0.717) is 13.0 Å². The van der Waals surface area contributed by atoms with E-state index in [0.717, 1.165) is 25.7 Å². The van der Waals surface area contributed by atoms with Gasteiger partial charge < -0.3 is 21.1 Å². The zero-order chi connectivity index (χ0) is 16.0. The third kappa shape index (κ3) is 4.16. The van der Waals surface area contributed by atoms with Crippen molar-refractivity contribution in [1.82, 2.24) is 4.90 Å². The molecule has 0 saturated carbocycles. The van der Waals surface area contributed by atoms with Gasteiger partial charge in [-0.15, -0.1) is 0 Å². The van der Waals surface area contributed by atoms with Gasteiger partial charge in [0, 0.05) is 0 Å². The molecular formula is C15H30N2O4. The Morgan fingerprint density at radius 1 is 1.19 bits per heavy atom. The second kappa shape index (κ2) is 8.68. The maximum absolute atomic E-state index is 11.6. The van der Waals surface area contributed by atoms with Crippen LogP contribution in [0.1, 0.15) is 46.0 Å². The molecule has 0 spiro atoms. The van der Waals surface area contributed by atoms with Gasteiger partial charge in [-0.25, -0.2) is 0 Å². The molecule has 0 aromatic carbocycles. The Bertz CT molecular complexity index is 327. The number of hydrogen-bond donors (Lipinski definition) is 4. The largest absolute Gasteiger partial charge is 0.395 e. The number of carbonyl (C=O) groups excluding carboxylic acids is 1. The Kier molecular flexibility index (Phi) is 7.59. The predicted octanol–water partition coefficient (Wildman–Crippen LogP) is -0.155. The van der Waals surface area contributed by atoms with Crippen LogP contribution in [-0.4, -0.2) is 63.6 Å². The molecule has 1 rings (SSSR count). The molecule has 5 atom stereocenters. The fourth-order valence-electron chi connectivity index (χ4n) is 3.37. The molecule has 1 aliphatic rings. The molecule has 0 radical (unpaired) electrons. The highest BCUT2D eigenvalue weighted by Crippen LogP contribution is 2.32. The Balaban J connectivity index is 2.85. The molecule has 1 fully saturated rings. The van der Waals surface area contributed by atoms with E-state index in [1.807, 2.05) is 11.8 Å². The van der Waals surface area contributed by atoms with Crippen LogP contribution in [0.3, 0.4) is 0 Å². The van der Waals surface area contributed by atoms with Crippen LogP contribution in [0, 0.1) is 5.92 Å². The summed E-state index contributed by atoms with van der Waals surface area (Å²) in [7, 11) is 0. The van der Waals surface area contributed by atoms with Crippen molar-refractivity contribution in [3.63, 3.8) is 0 Å². The monoisotopic (exact) mass is 302 g/mol. The van der Waals surface area contributed by atoms with E-state index in [9.17, 15) is 20.1 Å². The number of amides is 1. The van der Waals surface area contributed by atoms with E-state index in [2.05, 4.69) is 6.92 Å². The smallest absolute Gasteiger partial charge is 0.222 e. The topological polar surface area (TPSA) is 107 Å². The van der Waals surface area contributed by atoms with E-state index in [-0.39, 0.29) is 6.61 Å². The first-order valence-electron chi connectivity index (χ1n) is 8.01. The SMILES string of the molecule is CCCCCCN1C(CO)C(O)C(O)C1C(CC)C(N)=O. The lowest BCUT2D eigenvalue weighted by Crippen LogP contribution is -2.49. The molecule has 21 heavy (non-hydrogen) atoms. The second-order valence-electron chi connectivity index (χ2n) is 5.94. The Morgan fingerprint density at radius 3 is 2.33 bits per heavy atom. The van der Waals surface area contributed by atoms with Crippen molar-refractivity contribution in [2.24, 2.45) is 11.7 Å². The van der Waals surface area contributed by atoms with E-state index in [1.54, 1.807) is 0 Å². The number of unbranched alkanes of at least 4 members (excludes halogenated alkanes) is 3. The summed E-state index contributed by atoms with van der Waals surface area (Å²) in [6.07, 6.45) is 2.63. The second-order valence-corrected chi connectivity index (χ2v) is 5.94. The third-order valence-corrected chi connectivity index (χ3v) is 4.58. The zero-order valence-electron chi connectivity index (χ0n) is 13.1. The predicted molar refractivity (Wildman–Crippen MR) is 80.5 cm³/mol. The van der Waals surface area contributed by atoms with Gasteiger partial charge in [-0.1, -0.05) is 33.1 Å². The summed E-state index contributed by atoms with van der Waals surface area (Å²) >= 11 is 0. The molecule has 0 aromatic heterocycles. The van der Waals surface area contributed by atoms with Gasteiger partial charge in [0.15, 0.2) is 0 Å². The molecule has 6 heteroatoms. The number of nitrogens with zero attached hydrogens (tertiary/aromatic N) is 1. The van der Waals surface area contributed by atoms with E-state index >= 15 is 0 Å². The molecule has 1 heterocycles. The van der Waals surface area contributed by atoms with Crippen LogP contribution in [0.15, 0.2) is 0 Å². The van der Waals surface area contributed by atoms with Crippen LogP contribution >= 0.6 is 0 Å². The van der Waals surface area contributed by atoms with Crippen LogP contribution in [0.2, 0.25) is 0 Å². The van der Waals surface area contributed by atoms with Crippen LogP contribution in [0.4, 0.5) is 0 Å². The van der Waals surface area contributed by atoms with Crippen molar-refractivity contribution in [3.8, 4) is 0 Å². The summed E-state index contributed by atoms with van der Waals surface area (Å²) in [4.78, 5) is 13.5. The highest BCUT2D eigenvalue weighted by molar-refractivity contribution is 5.77. The molecule has 5 N–H and O–H groups in total. The van der Waals surface area contributed by atoms with Gasteiger partial charge in [0.25, 0.3) is 0 Å². The Hall–Kier alpha value is -0.690. The first-order chi connectivity index (χ1) is 9.99. The van der Waals surface area contributed by atoms with E-state index < -0.39 is 36.1 Å². The van der Waals surface area contributed by atoms with E-state index in [4.69, 9.17) is 5.73 Å². The lowest BCUT2D eigenvalue weighted by atomic mass is 9.91. The minimum atomic E-state index is -1.05. The maximum Gasteiger partial charge on any atom is 0.222 e. The van der Waals surface area contributed by atoms with Gasteiger partial charge in [0.2, 0.25) is 5.91 Å². The van der Waals surface area contributed by atoms with Gasteiger partial charge in [0.05, 0.1) is 36.8 Å². The van der Waals surface area contributed by atoms with Gasteiger partial charge in [-0.2, -0.15) is 0 Å². The molecule has 0 bridgehead atoms. The number of nitrogens with two attached hydrogens (primary N) is 1. The number of aliphatic hydroxyl groups excluding tert-OH is 3. The van der Waals surface area contributed by atoms with Crippen LogP contribution in [0.25, 0.3) is 0 Å². The van der Waals surface area contributed by atoms with E-state index in [1.165, 1.54) is 0 Å². The minimum Gasteiger partial charge on any atom is -0.395 e. The fourth-order valence-corrected chi connectivity index (χ4v) is 3.37. The number of aliphatic hydroxyl groups is 3. The molecule has 0 aromatic rings. The highest BCUT2D eigenvalue weighted by atomic mass is 16.3. The maximum atomic E-state index is 11.6. The molecule has 5 unspecified atom stereocenters. The third-order valence-electron chi connectivity index (χ3n) is 4.58. The average molecular weight is 302 g/mol. The van der Waals surface area contributed by atoms with Crippen molar-refractivity contribution in [2.45, 2.75) is 70.2 Å². The molecule has 1 aliphatic heterocycles. The number of carbonyl (C=O) groups is 1. The summed E-state index contributed by atoms with van der Waals surface area (Å²) in [5.41, 5.74) is 5.44. The Morgan fingerprint density at radius 2 is 1.86 bits per heavy atom. The normalized spacial score (nSPS) is 31.5. The number of likely N-dealkylation sites (tertiary alicyclic amines) is 1. The lowest BCUT2D eigenvalue weighted by molar-refractivity contribution is -0.125. The lowest BCUT2D eigenvalue weighted by Gasteiger charge is -2.33. The summed E-state index contributed by atoms with van der Waals surface area (Å²) < 4.78 is 0. The molecule has 1 amide bonds. The summed E-state index contributed by atoms with van der Waals surface area (Å²) in [5, 5.41) is 29.9. The molecule has 1 saturated heterocycles. The number of rotatable bonds is 9. The van der Waals surface area contributed by atoms with Crippen molar-refractivity contribution >= 4 is 5.91 Å². The Labute approximate surface area is 126 Å². The highest BCUT2D eigenvalue weighted by Gasteiger charge is 2.50. The average Bonchev–Trinajstić information content (AvgIpc) is 2.68. The van der Waals surface area contributed by atoms with Crippen molar-refractivity contribution < 1.29 is 20.1 Å². The van der Waals surface area contributed by atoms with Gasteiger partial charge >= 0.3 is 0 Å². The number of primary amides is 1. The standard InChI is InChI=1S/C15H30N2O4/c1-3-5-6-7-8-17-11(9-18)13(19)14(20)12(17)10(4-2)15(16)21/h10-14,18-20H,3-9H2,1-2H3,(H2,16,21). The van der Waals surface area contributed by atoms with Crippen molar-refractivity contribution in [2.75, 3.05) is 13.2 Å². The van der Waals surface area contributed by atoms with Crippen LogP contribution in [-0.2, 0) is 4.79 Å². The van der Waals surface area contributed by atoms with Gasteiger partial charge in [0.1, 0.15) is 0 Å².